The predicted molar refractivity (Wildman–Crippen MR) is 113 cm³/mol. The number of nitrogens with zero attached hydrogens (tertiary/aromatic N) is 3. The first-order chi connectivity index (χ1) is 13.3. The maximum absolute atomic E-state index is 9.09. The Morgan fingerprint density at radius 3 is 2.67 bits per heavy atom. The Bertz CT molecular complexity index is 1310. The molecule has 0 amide bonds. The van der Waals surface area contributed by atoms with Crippen molar-refractivity contribution >= 4 is 54.5 Å². The van der Waals surface area contributed by atoms with Crippen LogP contribution >= 0.6 is 22.7 Å². The third-order valence-corrected chi connectivity index (χ3v) is 6.46. The van der Waals surface area contributed by atoms with Crippen molar-refractivity contribution in [3.05, 3.63) is 71.9 Å². The summed E-state index contributed by atoms with van der Waals surface area (Å²) in [6.45, 7) is 0. The molecule has 0 spiro atoms. The second-order valence-corrected chi connectivity index (χ2v) is 8.15. The van der Waals surface area contributed by atoms with Gasteiger partial charge in [0.05, 0.1) is 10.2 Å². The SMILES string of the molecule is N#Cc1cc2cc(Nc3ncnc4cc(-c5ccccc5)sc34)ccc2s1. The van der Waals surface area contributed by atoms with E-state index in [1.165, 1.54) is 21.8 Å². The summed E-state index contributed by atoms with van der Waals surface area (Å²) in [5, 5.41) is 13.6. The molecule has 1 N–H and O–H groups in total. The van der Waals surface area contributed by atoms with Crippen LogP contribution in [0.5, 0.6) is 0 Å². The van der Waals surface area contributed by atoms with Gasteiger partial charge in [-0.2, -0.15) is 5.26 Å². The highest BCUT2D eigenvalue weighted by atomic mass is 32.1. The van der Waals surface area contributed by atoms with Crippen LogP contribution in [0.3, 0.4) is 0 Å². The van der Waals surface area contributed by atoms with Gasteiger partial charge >= 0.3 is 0 Å². The number of hydrogen-bond acceptors (Lipinski definition) is 6. The Hall–Kier alpha value is -3.27. The molecule has 0 atom stereocenters. The highest BCUT2D eigenvalue weighted by Crippen LogP contribution is 2.37. The van der Waals surface area contributed by atoms with E-state index in [0.29, 0.717) is 0 Å². The standard InChI is InChI=1S/C21H12N4S2/c22-11-16-9-14-8-15(6-7-18(14)26-16)25-21-20-17(23-12-24-21)10-19(27-20)13-4-2-1-3-5-13/h1-10,12H,(H,23,24,25). The lowest BCUT2D eigenvalue weighted by Crippen LogP contribution is -1.93. The maximum atomic E-state index is 9.09. The Morgan fingerprint density at radius 2 is 1.81 bits per heavy atom. The van der Waals surface area contributed by atoms with Crippen LogP contribution in [0.25, 0.3) is 30.7 Å². The van der Waals surface area contributed by atoms with Crippen molar-refractivity contribution in [2.45, 2.75) is 0 Å². The molecule has 4 nitrogen and oxygen atoms in total. The summed E-state index contributed by atoms with van der Waals surface area (Å²) in [4.78, 5) is 10.8. The van der Waals surface area contributed by atoms with Gasteiger partial charge < -0.3 is 5.32 Å². The summed E-state index contributed by atoms with van der Waals surface area (Å²) in [5.74, 6) is 0.794. The number of thiophene rings is 2. The van der Waals surface area contributed by atoms with Gasteiger partial charge in [-0.25, -0.2) is 9.97 Å². The van der Waals surface area contributed by atoms with Gasteiger partial charge in [0.25, 0.3) is 0 Å². The molecule has 6 heteroatoms. The molecule has 0 bridgehead atoms. The lowest BCUT2D eigenvalue weighted by Gasteiger charge is -2.06. The zero-order valence-electron chi connectivity index (χ0n) is 14.0. The number of aromatic nitrogens is 2. The molecule has 0 radical (unpaired) electrons. The summed E-state index contributed by atoms with van der Waals surface area (Å²) in [7, 11) is 0. The van der Waals surface area contributed by atoms with E-state index in [-0.39, 0.29) is 0 Å². The predicted octanol–water partition coefficient (Wildman–Crippen LogP) is 6.19. The van der Waals surface area contributed by atoms with E-state index < -0.39 is 0 Å². The van der Waals surface area contributed by atoms with Gasteiger partial charge in [-0.1, -0.05) is 30.3 Å². The van der Waals surface area contributed by atoms with E-state index in [0.717, 1.165) is 36.7 Å². The molecule has 5 rings (SSSR count). The summed E-state index contributed by atoms with van der Waals surface area (Å²) in [6.07, 6.45) is 1.59. The van der Waals surface area contributed by atoms with Crippen LogP contribution in [0.2, 0.25) is 0 Å². The fraction of sp³-hybridized carbons (Fsp3) is 0. The van der Waals surface area contributed by atoms with Gasteiger partial charge in [0.1, 0.15) is 17.3 Å². The van der Waals surface area contributed by atoms with Crippen LogP contribution in [0.1, 0.15) is 4.88 Å². The lowest BCUT2D eigenvalue weighted by atomic mass is 10.2. The zero-order valence-corrected chi connectivity index (χ0v) is 15.6. The van der Waals surface area contributed by atoms with E-state index in [2.05, 4.69) is 39.6 Å². The summed E-state index contributed by atoms with van der Waals surface area (Å²) in [5.41, 5.74) is 3.05. The molecular formula is C21H12N4S2. The number of rotatable bonds is 3. The Balaban J connectivity index is 1.55. The Kier molecular flexibility index (Phi) is 3.82. The van der Waals surface area contributed by atoms with Crippen molar-refractivity contribution in [2.75, 3.05) is 5.32 Å². The number of nitrogens with one attached hydrogen (secondary N) is 1. The number of benzene rings is 2. The van der Waals surface area contributed by atoms with Crippen LogP contribution in [0.15, 0.2) is 67.0 Å². The fourth-order valence-corrected chi connectivity index (χ4v) is 4.90. The average Bonchev–Trinajstić information content (AvgIpc) is 3.33. The van der Waals surface area contributed by atoms with Gasteiger partial charge in [0.2, 0.25) is 0 Å². The summed E-state index contributed by atoms with van der Waals surface area (Å²) in [6, 6.07) is 22.6. The first-order valence-corrected chi connectivity index (χ1v) is 9.94. The average molecular weight is 384 g/mol. The second kappa shape index (κ2) is 6.47. The first kappa shape index (κ1) is 15.9. The minimum absolute atomic E-state index is 0.720. The molecular weight excluding hydrogens is 372 g/mol. The monoisotopic (exact) mass is 384 g/mol. The van der Waals surface area contributed by atoms with Crippen molar-refractivity contribution in [3.63, 3.8) is 0 Å². The smallest absolute Gasteiger partial charge is 0.151 e. The van der Waals surface area contributed by atoms with Crippen molar-refractivity contribution in [2.24, 2.45) is 0 Å². The minimum Gasteiger partial charge on any atom is -0.339 e. The molecule has 0 saturated heterocycles. The van der Waals surface area contributed by atoms with Crippen LogP contribution in [-0.2, 0) is 0 Å². The van der Waals surface area contributed by atoms with E-state index in [1.54, 1.807) is 17.7 Å². The number of fused-ring (bicyclic) bond motifs is 2. The quantitative estimate of drug-likeness (QED) is 0.403. The van der Waals surface area contributed by atoms with E-state index in [9.17, 15) is 0 Å². The van der Waals surface area contributed by atoms with E-state index in [1.807, 2.05) is 42.5 Å². The van der Waals surface area contributed by atoms with Gasteiger partial charge in [0, 0.05) is 15.3 Å². The van der Waals surface area contributed by atoms with Crippen LogP contribution in [0.4, 0.5) is 11.5 Å². The maximum Gasteiger partial charge on any atom is 0.151 e. The molecule has 3 heterocycles. The molecule has 0 unspecified atom stereocenters. The molecule has 0 fully saturated rings. The van der Waals surface area contributed by atoms with Crippen molar-refractivity contribution in [3.8, 4) is 16.5 Å². The lowest BCUT2D eigenvalue weighted by molar-refractivity contribution is 1.23. The van der Waals surface area contributed by atoms with Crippen LogP contribution in [0, 0.1) is 11.3 Å². The van der Waals surface area contributed by atoms with Gasteiger partial charge in [0.15, 0.2) is 5.82 Å². The van der Waals surface area contributed by atoms with Crippen LogP contribution < -0.4 is 5.32 Å². The van der Waals surface area contributed by atoms with Gasteiger partial charge in [-0.3, -0.25) is 0 Å². The number of hydrogen-bond donors (Lipinski definition) is 1. The fourth-order valence-electron chi connectivity index (χ4n) is 3.00. The summed E-state index contributed by atoms with van der Waals surface area (Å²) >= 11 is 3.18. The van der Waals surface area contributed by atoms with E-state index in [4.69, 9.17) is 5.26 Å². The molecule has 0 aliphatic heterocycles. The van der Waals surface area contributed by atoms with Crippen molar-refractivity contribution < 1.29 is 0 Å². The second-order valence-electron chi connectivity index (χ2n) is 6.01. The Labute approximate surface area is 163 Å². The number of nitriles is 1. The third kappa shape index (κ3) is 2.93. The molecule has 2 aromatic carbocycles. The zero-order chi connectivity index (χ0) is 18.2. The van der Waals surface area contributed by atoms with Crippen LogP contribution in [-0.4, -0.2) is 9.97 Å². The molecule has 128 valence electrons. The summed E-state index contributed by atoms with van der Waals surface area (Å²) < 4.78 is 2.13. The first-order valence-electron chi connectivity index (χ1n) is 8.31. The highest BCUT2D eigenvalue weighted by Gasteiger charge is 2.11. The van der Waals surface area contributed by atoms with E-state index >= 15 is 0 Å². The number of anilines is 2. The van der Waals surface area contributed by atoms with Crippen molar-refractivity contribution in [1.29, 1.82) is 5.26 Å². The van der Waals surface area contributed by atoms with Crippen molar-refractivity contribution in [1.82, 2.24) is 9.97 Å². The molecule has 5 aromatic rings. The molecule has 27 heavy (non-hydrogen) atoms. The normalized spacial score (nSPS) is 10.9. The molecule has 0 saturated carbocycles. The minimum atomic E-state index is 0.720. The van der Waals surface area contributed by atoms with Gasteiger partial charge in [-0.15, -0.1) is 22.7 Å². The molecule has 3 aromatic heterocycles. The molecule has 0 aliphatic carbocycles. The third-order valence-electron chi connectivity index (χ3n) is 4.26. The largest absolute Gasteiger partial charge is 0.339 e. The molecule has 0 aliphatic rings. The topological polar surface area (TPSA) is 61.6 Å². The Morgan fingerprint density at radius 1 is 0.926 bits per heavy atom. The van der Waals surface area contributed by atoms with Gasteiger partial charge in [-0.05, 0) is 41.3 Å². The highest BCUT2D eigenvalue weighted by molar-refractivity contribution is 7.22.